The summed E-state index contributed by atoms with van der Waals surface area (Å²) in [6, 6.07) is 0. The third-order valence-corrected chi connectivity index (χ3v) is 2.70. The van der Waals surface area contributed by atoms with Crippen LogP contribution in [0.2, 0.25) is 0 Å². The van der Waals surface area contributed by atoms with E-state index < -0.39 is 0 Å². The van der Waals surface area contributed by atoms with E-state index in [2.05, 4.69) is 6.92 Å². The number of nitrogens with two attached hydrogens (primary N) is 1. The van der Waals surface area contributed by atoms with Crippen molar-refractivity contribution in [3.8, 4) is 0 Å². The van der Waals surface area contributed by atoms with E-state index in [1.165, 1.54) is 12.8 Å². The van der Waals surface area contributed by atoms with Gasteiger partial charge >= 0.3 is 0 Å². The molecular formula is C9H19NO. The number of rotatable bonds is 5. The highest BCUT2D eigenvalue weighted by Gasteiger charge is 2.43. The molecule has 1 aliphatic rings. The SMILES string of the molecule is CCOC(CC)(CN)C1CC1. The summed E-state index contributed by atoms with van der Waals surface area (Å²) >= 11 is 0. The summed E-state index contributed by atoms with van der Waals surface area (Å²) in [5.41, 5.74) is 5.74. The Bertz CT molecular complexity index is 117. The number of ether oxygens (including phenoxy) is 1. The first-order chi connectivity index (χ1) is 5.29. The van der Waals surface area contributed by atoms with Crippen LogP contribution in [-0.2, 0) is 4.74 Å². The van der Waals surface area contributed by atoms with Crippen LogP contribution in [0.15, 0.2) is 0 Å². The second-order valence-electron chi connectivity index (χ2n) is 3.33. The highest BCUT2D eigenvalue weighted by Crippen LogP contribution is 2.43. The van der Waals surface area contributed by atoms with E-state index in [0.717, 1.165) is 18.9 Å². The van der Waals surface area contributed by atoms with Gasteiger partial charge in [-0.2, -0.15) is 0 Å². The molecule has 0 heterocycles. The molecule has 1 saturated carbocycles. The van der Waals surface area contributed by atoms with Crippen molar-refractivity contribution in [2.24, 2.45) is 11.7 Å². The van der Waals surface area contributed by atoms with Crippen LogP contribution in [0, 0.1) is 5.92 Å². The van der Waals surface area contributed by atoms with Crippen LogP contribution in [0.5, 0.6) is 0 Å². The molecule has 1 unspecified atom stereocenters. The summed E-state index contributed by atoms with van der Waals surface area (Å²) in [6.45, 7) is 5.69. The van der Waals surface area contributed by atoms with Gasteiger partial charge in [-0.3, -0.25) is 0 Å². The Balaban J connectivity index is 2.50. The molecule has 0 aromatic heterocycles. The molecule has 1 atom stereocenters. The fourth-order valence-electron chi connectivity index (χ4n) is 1.78. The minimum Gasteiger partial charge on any atom is -0.374 e. The van der Waals surface area contributed by atoms with Crippen molar-refractivity contribution in [2.75, 3.05) is 13.2 Å². The molecule has 0 saturated heterocycles. The zero-order chi connectivity index (χ0) is 8.32. The van der Waals surface area contributed by atoms with E-state index in [1.54, 1.807) is 0 Å². The molecule has 0 amide bonds. The largest absolute Gasteiger partial charge is 0.374 e. The molecule has 2 N–H and O–H groups in total. The first kappa shape index (κ1) is 9.01. The average Bonchev–Trinajstić information content (AvgIpc) is 2.83. The molecule has 1 aliphatic carbocycles. The lowest BCUT2D eigenvalue weighted by molar-refractivity contribution is -0.0520. The van der Waals surface area contributed by atoms with Crippen molar-refractivity contribution in [3.05, 3.63) is 0 Å². The van der Waals surface area contributed by atoms with Gasteiger partial charge in [0, 0.05) is 13.2 Å². The minimum atomic E-state index is 0.0226. The van der Waals surface area contributed by atoms with Gasteiger partial charge in [-0.25, -0.2) is 0 Å². The van der Waals surface area contributed by atoms with Gasteiger partial charge in [0.05, 0.1) is 5.60 Å². The van der Waals surface area contributed by atoms with Crippen molar-refractivity contribution in [1.82, 2.24) is 0 Å². The van der Waals surface area contributed by atoms with E-state index in [4.69, 9.17) is 10.5 Å². The predicted octanol–water partition coefficient (Wildman–Crippen LogP) is 1.54. The van der Waals surface area contributed by atoms with Gasteiger partial charge in [0.1, 0.15) is 0 Å². The Morgan fingerprint density at radius 1 is 1.45 bits per heavy atom. The maximum absolute atomic E-state index is 5.73. The fourth-order valence-corrected chi connectivity index (χ4v) is 1.78. The van der Waals surface area contributed by atoms with Crippen LogP contribution < -0.4 is 5.73 Å². The van der Waals surface area contributed by atoms with Gasteiger partial charge in [0.15, 0.2) is 0 Å². The Hall–Kier alpha value is -0.0800. The van der Waals surface area contributed by atoms with Crippen LogP contribution in [0.3, 0.4) is 0 Å². The molecule has 1 rings (SSSR count). The summed E-state index contributed by atoms with van der Waals surface area (Å²) in [6.07, 6.45) is 3.68. The molecule has 11 heavy (non-hydrogen) atoms. The topological polar surface area (TPSA) is 35.2 Å². The zero-order valence-electron chi connectivity index (χ0n) is 7.60. The van der Waals surface area contributed by atoms with Crippen molar-refractivity contribution in [2.45, 2.75) is 38.7 Å². The molecule has 0 aliphatic heterocycles. The van der Waals surface area contributed by atoms with Gasteiger partial charge in [-0.1, -0.05) is 6.92 Å². The van der Waals surface area contributed by atoms with Crippen molar-refractivity contribution in [1.29, 1.82) is 0 Å². The summed E-state index contributed by atoms with van der Waals surface area (Å²) in [5.74, 6) is 0.748. The first-order valence-electron chi connectivity index (χ1n) is 4.63. The molecular weight excluding hydrogens is 138 g/mol. The zero-order valence-corrected chi connectivity index (χ0v) is 7.60. The van der Waals surface area contributed by atoms with Crippen LogP contribution in [0.4, 0.5) is 0 Å². The lowest BCUT2D eigenvalue weighted by Gasteiger charge is -2.31. The number of hydrogen-bond acceptors (Lipinski definition) is 2. The van der Waals surface area contributed by atoms with Gasteiger partial charge < -0.3 is 10.5 Å². The third kappa shape index (κ3) is 1.74. The highest BCUT2D eigenvalue weighted by atomic mass is 16.5. The standard InChI is InChI=1S/C9H19NO/c1-3-9(7-10,11-4-2)8-5-6-8/h8H,3-7,10H2,1-2H3. The normalized spacial score (nSPS) is 23.2. The third-order valence-electron chi connectivity index (χ3n) is 2.70. The van der Waals surface area contributed by atoms with E-state index in [9.17, 15) is 0 Å². The van der Waals surface area contributed by atoms with Crippen molar-refractivity contribution >= 4 is 0 Å². The highest BCUT2D eigenvalue weighted by molar-refractivity contribution is 4.96. The second kappa shape index (κ2) is 3.55. The van der Waals surface area contributed by atoms with E-state index in [0.29, 0.717) is 6.54 Å². The van der Waals surface area contributed by atoms with Crippen LogP contribution in [-0.4, -0.2) is 18.8 Å². The maximum atomic E-state index is 5.73. The lowest BCUT2D eigenvalue weighted by Crippen LogP contribution is -2.42. The summed E-state index contributed by atoms with van der Waals surface area (Å²) in [4.78, 5) is 0. The smallest absolute Gasteiger partial charge is 0.0829 e. The molecule has 0 spiro atoms. The van der Waals surface area contributed by atoms with Gasteiger partial charge in [-0.05, 0) is 32.1 Å². The average molecular weight is 157 g/mol. The molecule has 0 radical (unpaired) electrons. The second-order valence-corrected chi connectivity index (χ2v) is 3.33. The quantitative estimate of drug-likeness (QED) is 0.657. The fraction of sp³-hybridized carbons (Fsp3) is 1.00. The molecule has 0 aromatic carbocycles. The molecule has 2 heteroatoms. The van der Waals surface area contributed by atoms with E-state index in [-0.39, 0.29) is 5.60 Å². The van der Waals surface area contributed by atoms with Crippen molar-refractivity contribution in [3.63, 3.8) is 0 Å². The minimum absolute atomic E-state index is 0.0226. The Morgan fingerprint density at radius 2 is 2.09 bits per heavy atom. The Morgan fingerprint density at radius 3 is 2.36 bits per heavy atom. The van der Waals surface area contributed by atoms with Crippen molar-refractivity contribution < 1.29 is 4.74 Å². The lowest BCUT2D eigenvalue weighted by atomic mass is 9.94. The van der Waals surface area contributed by atoms with Crippen LogP contribution in [0.25, 0.3) is 0 Å². The predicted molar refractivity (Wildman–Crippen MR) is 46.4 cm³/mol. The number of hydrogen-bond donors (Lipinski definition) is 1. The van der Waals surface area contributed by atoms with Gasteiger partial charge in [0.2, 0.25) is 0 Å². The van der Waals surface area contributed by atoms with Gasteiger partial charge in [0.25, 0.3) is 0 Å². The van der Waals surface area contributed by atoms with E-state index >= 15 is 0 Å². The summed E-state index contributed by atoms with van der Waals surface area (Å²) in [7, 11) is 0. The first-order valence-corrected chi connectivity index (χ1v) is 4.63. The monoisotopic (exact) mass is 157 g/mol. The van der Waals surface area contributed by atoms with Crippen LogP contribution in [0.1, 0.15) is 33.1 Å². The van der Waals surface area contributed by atoms with Gasteiger partial charge in [-0.15, -0.1) is 0 Å². The Kier molecular flexibility index (Phi) is 2.90. The van der Waals surface area contributed by atoms with Crippen LogP contribution >= 0.6 is 0 Å². The summed E-state index contributed by atoms with van der Waals surface area (Å²) < 4.78 is 5.73. The molecule has 0 aromatic rings. The molecule has 0 bridgehead atoms. The molecule has 66 valence electrons. The summed E-state index contributed by atoms with van der Waals surface area (Å²) in [5, 5.41) is 0. The Labute approximate surface area is 69.1 Å². The van der Waals surface area contributed by atoms with E-state index in [1.807, 2.05) is 6.92 Å². The maximum Gasteiger partial charge on any atom is 0.0829 e. The molecule has 1 fully saturated rings. The molecule has 2 nitrogen and oxygen atoms in total.